The van der Waals surface area contributed by atoms with Gasteiger partial charge < -0.3 is 15.5 Å². The number of carbonyl (C=O) groups excluding carboxylic acids is 2. The minimum atomic E-state index is -0.156. The largest absolute Gasteiger partial charge is 0.464 e. The van der Waals surface area contributed by atoms with Gasteiger partial charge in [-0.3, -0.25) is 14.3 Å². The van der Waals surface area contributed by atoms with E-state index in [9.17, 15) is 9.59 Å². The van der Waals surface area contributed by atoms with Crippen LogP contribution in [0.5, 0.6) is 0 Å². The third-order valence-corrected chi connectivity index (χ3v) is 7.28. The Hall–Kier alpha value is -2.55. The molecule has 0 aliphatic rings. The highest BCUT2D eigenvalue weighted by Crippen LogP contribution is 2.29. The fourth-order valence-electron chi connectivity index (χ4n) is 3.54. The quantitative estimate of drug-likeness (QED) is 0.118. The molecule has 45 heavy (non-hydrogen) atoms. The molecule has 6 nitrogen and oxygen atoms in total. The molecule has 1 aromatic heterocycles. The maximum atomic E-state index is 11.9. The zero-order chi connectivity index (χ0) is 34.9. The molecule has 0 aliphatic heterocycles. The lowest BCUT2D eigenvalue weighted by atomic mass is 9.95. The number of aryl methyl sites for hydroxylation is 2. The second-order valence-corrected chi connectivity index (χ2v) is 11.2. The smallest absolute Gasteiger partial charge is 0.237 e. The van der Waals surface area contributed by atoms with E-state index >= 15 is 0 Å². The van der Waals surface area contributed by atoms with Crippen LogP contribution in [0.25, 0.3) is 11.0 Å². The van der Waals surface area contributed by atoms with Crippen LogP contribution in [-0.2, 0) is 11.2 Å². The third kappa shape index (κ3) is 18.3. The lowest BCUT2D eigenvalue weighted by molar-refractivity contribution is -0.120. The van der Waals surface area contributed by atoms with Gasteiger partial charge in [0.25, 0.3) is 0 Å². The summed E-state index contributed by atoms with van der Waals surface area (Å²) in [5.74, 6) is -0.119. The first-order chi connectivity index (χ1) is 21.4. The number of halogens is 2. The Morgan fingerprint density at radius 3 is 2.16 bits per heavy atom. The van der Waals surface area contributed by atoms with Crippen LogP contribution in [0, 0.1) is 6.92 Å². The normalized spacial score (nSPS) is 12.3. The summed E-state index contributed by atoms with van der Waals surface area (Å²) in [6.45, 7) is 18.2. The minimum absolute atomic E-state index is 0.0371. The van der Waals surface area contributed by atoms with E-state index in [4.69, 9.17) is 33.4 Å². The molecule has 0 aliphatic carbocycles. The second kappa shape index (κ2) is 26.6. The monoisotopic (exact) mass is 679 g/mol. The van der Waals surface area contributed by atoms with Gasteiger partial charge in [-0.1, -0.05) is 99.3 Å². The fraction of sp³-hybridized carbons (Fsp3) is 0.444. The number of likely N-dealkylation sites (N-methyl/N-ethyl adjacent to an activating group) is 1. The van der Waals surface area contributed by atoms with Crippen molar-refractivity contribution >= 4 is 58.3 Å². The Labute approximate surface area is 286 Å². The van der Waals surface area contributed by atoms with Crippen LogP contribution in [0.1, 0.15) is 94.8 Å². The van der Waals surface area contributed by atoms with Crippen molar-refractivity contribution in [3.63, 3.8) is 0 Å². The first kappa shape index (κ1) is 44.6. The van der Waals surface area contributed by atoms with Crippen LogP contribution in [-0.4, -0.2) is 37.6 Å². The number of amides is 1. The zero-order valence-corrected chi connectivity index (χ0v) is 31.3. The first-order valence-corrected chi connectivity index (χ1v) is 17.3. The maximum Gasteiger partial charge on any atom is 0.237 e. The number of allylic oxidation sites excluding steroid dienone is 2. The van der Waals surface area contributed by atoms with Crippen molar-refractivity contribution in [3.8, 4) is 0 Å². The van der Waals surface area contributed by atoms with Crippen molar-refractivity contribution in [2.45, 2.75) is 93.2 Å². The molecule has 0 saturated carbocycles. The van der Waals surface area contributed by atoms with Crippen LogP contribution in [0.15, 0.2) is 65.3 Å². The summed E-state index contributed by atoms with van der Waals surface area (Å²) in [5.41, 5.74) is 10.1. The highest BCUT2D eigenvalue weighted by molar-refractivity contribution is 7.97. The molecular formula is C36H55Cl2N3O3S. The predicted octanol–water partition coefficient (Wildman–Crippen LogP) is 10.1. The standard InChI is InChI=1S/C15H19NO2S.C7H4Cl2O.C7H15N.C5H11N.C2H6/c1-5-11-6-12(10(3)15(17)16-19-4)7-13-9(2)8-18-14(11)13;8-6-2-1-5(4-10)3-7(6)9;1-4-5-6-7(2)8-3;1-3-4-5(2)6;1-2/h6-8,10H,5H2,1-4H3,(H,16,17);1-4H;5-8H,4H2,1-3H3;3-5H,6H2,1-2H3;1-2H3/b;;6-5+;4-3-;. The Morgan fingerprint density at radius 2 is 1.71 bits per heavy atom. The van der Waals surface area contributed by atoms with Crippen molar-refractivity contribution in [2.75, 3.05) is 13.3 Å². The summed E-state index contributed by atoms with van der Waals surface area (Å²) in [4.78, 5) is 22.1. The predicted molar refractivity (Wildman–Crippen MR) is 200 cm³/mol. The molecule has 0 spiro atoms. The van der Waals surface area contributed by atoms with Crippen molar-refractivity contribution in [2.24, 2.45) is 5.73 Å². The molecule has 1 heterocycles. The zero-order valence-electron chi connectivity index (χ0n) is 29.0. The fourth-order valence-corrected chi connectivity index (χ4v) is 4.22. The van der Waals surface area contributed by atoms with E-state index in [1.165, 1.54) is 18.0 Å². The topological polar surface area (TPSA) is 97.4 Å². The van der Waals surface area contributed by atoms with E-state index in [1.54, 1.807) is 18.4 Å². The molecule has 3 unspecified atom stereocenters. The number of nitrogens with one attached hydrogen (secondary N) is 2. The number of hydrogen-bond donors (Lipinski definition) is 3. The van der Waals surface area contributed by atoms with E-state index in [0.717, 1.165) is 46.8 Å². The van der Waals surface area contributed by atoms with Gasteiger partial charge in [0.1, 0.15) is 11.9 Å². The van der Waals surface area contributed by atoms with Gasteiger partial charge >= 0.3 is 0 Å². The highest BCUT2D eigenvalue weighted by Gasteiger charge is 2.18. The van der Waals surface area contributed by atoms with Crippen LogP contribution in [0.3, 0.4) is 0 Å². The SMILES string of the molecule is C/C=C\C(C)N.CC.CC/C=C/C(C)NC.CCc1cc(C(C)C(=O)NSC)cc2c(C)coc12.O=Cc1ccc(Cl)c(Cl)c1. The second-order valence-electron chi connectivity index (χ2n) is 9.81. The molecule has 3 atom stereocenters. The van der Waals surface area contributed by atoms with Crippen LogP contribution >= 0.6 is 35.1 Å². The number of hydrogen-bond acceptors (Lipinski definition) is 6. The Bertz CT molecular complexity index is 1310. The van der Waals surface area contributed by atoms with Crippen molar-refractivity contribution in [3.05, 3.63) is 93.2 Å². The van der Waals surface area contributed by atoms with Crippen molar-refractivity contribution < 1.29 is 14.0 Å². The average molecular weight is 681 g/mol. The van der Waals surface area contributed by atoms with Crippen LogP contribution in [0.4, 0.5) is 0 Å². The molecule has 3 rings (SSSR count). The van der Waals surface area contributed by atoms with Gasteiger partial charge in [0.2, 0.25) is 5.91 Å². The number of benzene rings is 2. The molecule has 0 saturated heterocycles. The van der Waals surface area contributed by atoms with Crippen molar-refractivity contribution in [1.29, 1.82) is 0 Å². The summed E-state index contributed by atoms with van der Waals surface area (Å²) in [7, 11) is 1.96. The lowest BCUT2D eigenvalue weighted by Gasteiger charge is -2.13. The van der Waals surface area contributed by atoms with E-state index in [-0.39, 0.29) is 17.9 Å². The van der Waals surface area contributed by atoms with E-state index < -0.39 is 0 Å². The molecule has 252 valence electrons. The van der Waals surface area contributed by atoms with Crippen molar-refractivity contribution in [1.82, 2.24) is 10.0 Å². The summed E-state index contributed by atoms with van der Waals surface area (Å²) >= 11 is 12.5. The summed E-state index contributed by atoms with van der Waals surface area (Å²) in [6, 6.07) is 9.62. The van der Waals surface area contributed by atoms with Gasteiger partial charge in [0.05, 0.1) is 22.2 Å². The number of furan rings is 1. The Morgan fingerprint density at radius 1 is 1.07 bits per heavy atom. The number of nitrogens with two attached hydrogens (primary N) is 1. The van der Waals surface area contributed by atoms with Gasteiger partial charge in [0, 0.05) is 29.3 Å². The maximum absolute atomic E-state index is 11.9. The van der Waals surface area contributed by atoms with E-state index in [0.29, 0.717) is 21.7 Å². The van der Waals surface area contributed by atoms with E-state index in [1.807, 2.05) is 67.0 Å². The van der Waals surface area contributed by atoms with Gasteiger partial charge in [-0.25, -0.2) is 0 Å². The van der Waals surface area contributed by atoms with Gasteiger partial charge in [-0.2, -0.15) is 0 Å². The first-order valence-electron chi connectivity index (χ1n) is 15.4. The summed E-state index contributed by atoms with van der Waals surface area (Å²) in [6.07, 6.45) is 14.6. The van der Waals surface area contributed by atoms with E-state index in [2.05, 4.69) is 55.1 Å². The summed E-state index contributed by atoms with van der Waals surface area (Å²) in [5, 5.41) is 5.10. The molecule has 0 radical (unpaired) electrons. The lowest BCUT2D eigenvalue weighted by Crippen LogP contribution is -2.21. The molecule has 0 bridgehead atoms. The molecule has 0 fully saturated rings. The molecule has 1 amide bonds. The van der Waals surface area contributed by atoms with Crippen LogP contribution < -0.4 is 15.8 Å². The number of rotatable bonds is 9. The van der Waals surface area contributed by atoms with Crippen LogP contribution in [0.2, 0.25) is 10.0 Å². The number of aldehydes is 1. The highest BCUT2D eigenvalue weighted by atomic mass is 35.5. The molecular weight excluding hydrogens is 625 g/mol. The molecule has 4 N–H and O–H groups in total. The molecule has 9 heteroatoms. The number of carbonyl (C=O) groups is 2. The van der Waals surface area contributed by atoms with Gasteiger partial charge in [-0.15, -0.1) is 0 Å². The molecule has 2 aromatic carbocycles. The van der Waals surface area contributed by atoms with Gasteiger partial charge in [0.15, 0.2) is 0 Å². The third-order valence-electron chi connectivity index (χ3n) is 6.13. The Kier molecular flexibility index (Phi) is 26.4. The van der Waals surface area contributed by atoms with Gasteiger partial charge in [-0.05, 0) is 89.4 Å². The number of fused-ring (bicyclic) bond motifs is 1. The molecule has 3 aromatic rings. The Balaban J connectivity index is 0. The summed E-state index contributed by atoms with van der Waals surface area (Å²) < 4.78 is 8.40. The minimum Gasteiger partial charge on any atom is -0.464 e. The average Bonchev–Trinajstić information content (AvgIpc) is 3.42.